The molecule has 0 aliphatic carbocycles. The number of aliphatic hydroxyl groups is 4. The van der Waals surface area contributed by atoms with E-state index in [1.807, 2.05) is 6.92 Å². The lowest BCUT2D eigenvalue weighted by molar-refractivity contribution is -0.0574. The van der Waals surface area contributed by atoms with Gasteiger partial charge in [0.2, 0.25) is 0 Å². The van der Waals surface area contributed by atoms with Gasteiger partial charge in [0.1, 0.15) is 12.2 Å². The third-order valence-electron chi connectivity index (χ3n) is 2.40. The average Bonchev–Trinajstić information content (AvgIpc) is 2.49. The molecule has 0 aliphatic rings. The molecule has 0 aromatic carbocycles. The predicted molar refractivity (Wildman–Crippen MR) is 74.1 cm³/mol. The zero-order valence-corrected chi connectivity index (χ0v) is 12.5. The Morgan fingerprint density at radius 1 is 0.714 bits per heavy atom. The van der Waals surface area contributed by atoms with Crippen LogP contribution in [-0.2, 0) is 18.9 Å². The van der Waals surface area contributed by atoms with Crippen LogP contribution in [0.3, 0.4) is 0 Å². The molecule has 0 aromatic rings. The molecule has 21 heavy (non-hydrogen) atoms. The number of hydrogen-bond donors (Lipinski definition) is 4. The topological polar surface area (TPSA) is 118 Å². The van der Waals surface area contributed by atoms with E-state index in [4.69, 9.17) is 39.4 Å². The van der Waals surface area contributed by atoms with Crippen molar-refractivity contribution in [3.05, 3.63) is 0 Å². The normalized spacial score (nSPS) is 15.9. The molecule has 0 saturated carbocycles. The van der Waals surface area contributed by atoms with E-state index in [1.165, 1.54) is 0 Å². The van der Waals surface area contributed by atoms with Crippen molar-refractivity contribution in [1.29, 1.82) is 0 Å². The Morgan fingerprint density at radius 3 is 1.62 bits per heavy atom. The first kappa shape index (κ1) is 20.7. The highest BCUT2D eigenvalue weighted by Crippen LogP contribution is 1.93. The molecule has 4 N–H and O–H groups in total. The molecule has 0 aliphatic heterocycles. The van der Waals surface area contributed by atoms with Crippen LogP contribution in [0.15, 0.2) is 0 Å². The van der Waals surface area contributed by atoms with Crippen molar-refractivity contribution in [3.8, 4) is 0 Å². The molecule has 0 spiro atoms. The molecule has 3 unspecified atom stereocenters. The molecule has 128 valence electrons. The molecule has 8 nitrogen and oxygen atoms in total. The monoisotopic (exact) mass is 312 g/mol. The first-order valence-corrected chi connectivity index (χ1v) is 7.02. The van der Waals surface area contributed by atoms with E-state index < -0.39 is 12.2 Å². The molecule has 8 heteroatoms. The molecule has 0 heterocycles. The second kappa shape index (κ2) is 14.6. The summed E-state index contributed by atoms with van der Waals surface area (Å²) in [6, 6.07) is 0. The summed E-state index contributed by atoms with van der Waals surface area (Å²) < 4.78 is 20.9. The minimum absolute atomic E-state index is 0.0851. The van der Waals surface area contributed by atoms with Gasteiger partial charge in [-0.3, -0.25) is 0 Å². The van der Waals surface area contributed by atoms with Crippen LogP contribution in [-0.4, -0.2) is 98.2 Å². The zero-order chi connectivity index (χ0) is 15.9. The highest BCUT2D eigenvalue weighted by atomic mass is 16.6. The van der Waals surface area contributed by atoms with Crippen LogP contribution < -0.4 is 0 Å². The SMILES string of the molecule is CC(COCCOCC(O)CO)OCCOCC(O)CO. The van der Waals surface area contributed by atoms with Crippen LogP contribution >= 0.6 is 0 Å². The Labute approximate surface area is 125 Å². The lowest BCUT2D eigenvalue weighted by atomic mass is 10.4. The molecular weight excluding hydrogens is 284 g/mol. The third-order valence-corrected chi connectivity index (χ3v) is 2.40. The molecule has 0 radical (unpaired) electrons. The lowest BCUT2D eigenvalue weighted by Crippen LogP contribution is -2.24. The lowest BCUT2D eigenvalue weighted by Gasteiger charge is -2.14. The van der Waals surface area contributed by atoms with Gasteiger partial charge in [0.05, 0.1) is 65.6 Å². The number of ether oxygens (including phenoxy) is 4. The van der Waals surface area contributed by atoms with Crippen molar-refractivity contribution in [3.63, 3.8) is 0 Å². The van der Waals surface area contributed by atoms with Crippen molar-refractivity contribution in [1.82, 2.24) is 0 Å². The maximum absolute atomic E-state index is 9.03. The van der Waals surface area contributed by atoms with Gasteiger partial charge in [0.25, 0.3) is 0 Å². The van der Waals surface area contributed by atoms with E-state index in [0.29, 0.717) is 33.0 Å². The van der Waals surface area contributed by atoms with Crippen LogP contribution in [0, 0.1) is 0 Å². The molecule has 0 rings (SSSR count). The van der Waals surface area contributed by atoms with Crippen LogP contribution in [0.25, 0.3) is 0 Å². The van der Waals surface area contributed by atoms with Gasteiger partial charge in [0.15, 0.2) is 0 Å². The van der Waals surface area contributed by atoms with Gasteiger partial charge in [-0.1, -0.05) is 0 Å². The first-order chi connectivity index (χ1) is 10.1. The van der Waals surface area contributed by atoms with Crippen LogP contribution in [0.2, 0.25) is 0 Å². The molecule has 3 atom stereocenters. The van der Waals surface area contributed by atoms with Gasteiger partial charge in [0, 0.05) is 0 Å². The van der Waals surface area contributed by atoms with E-state index in [-0.39, 0.29) is 32.5 Å². The second-order valence-corrected chi connectivity index (χ2v) is 4.58. The van der Waals surface area contributed by atoms with Crippen molar-refractivity contribution in [2.45, 2.75) is 25.2 Å². The fourth-order valence-electron chi connectivity index (χ4n) is 1.27. The maximum atomic E-state index is 9.03. The number of hydrogen-bond acceptors (Lipinski definition) is 8. The summed E-state index contributed by atoms with van der Waals surface area (Å²) in [7, 11) is 0. The van der Waals surface area contributed by atoms with Crippen molar-refractivity contribution >= 4 is 0 Å². The molecule has 0 aromatic heterocycles. The Hall–Kier alpha value is -0.320. The van der Waals surface area contributed by atoms with Gasteiger partial charge >= 0.3 is 0 Å². The summed E-state index contributed by atoms with van der Waals surface area (Å²) in [6.45, 7) is 3.24. The molecule has 0 bridgehead atoms. The van der Waals surface area contributed by atoms with E-state index in [1.54, 1.807) is 0 Å². The second-order valence-electron chi connectivity index (χ2n) is 4.58. The van der Waals surface area contributed by atoms with E-state index >= 15 is 0 Å². The largest absolute Gasteiger partial charge is 0.394 e. The van der Waals surface area contributed by atoms with Crippen LogP contribution in [0.4, 0.5) is 0 Å². The quantitative estimate of drug-likeness (QED) is 0.260. The Kier molecular flexibility index (Phi) is 14.4. The summed E-state index contributed by atoms with van der Waals surface area (Å²) in [5, 5.41) is 35.2. The highest BCUT2D eigenvalue weighted by molar-refractivity contribution is 4.51. The maximum Gasteiger partial charge on any atom is 0.100 e. The van der Waals surface area contributed by atoms with E-state index in [9.17, 15) is 0 Å². The van der Waals surface area contributed by atoms with Gasteiger partial charge in [-0.15, -0.1) is 0 Å². The summed E-state index contributed by atoms with van der Waals surface area (Å²) in [5.41, 5.74) is 0. The smallest absolute Gasteiger partial charge is 0.100 e. The average molecular weight is 312 g/mol. The van der Waals surface area contributed by atoms with Crippen molar-refractivity contribution in [2.75, 3.05) is 59.5 Å². The molecule has 0 saturated heterocycles. The Morgan fingerprint density at radius 2 is 1.14 bits per heavy atom. The summed E-state index contributed by atoms with van der Waals surface area (Å²) in [4.78, 5) is 0. The molecular formula is C13H28O8. The van der Waals surface area contributed by atoms with E-state index in [2.05, 4.69) is 0 Å². The number of aliphatic hydroxyl groups excluding tert-OH is 4. The Bertz CT molecular complexity index is 216. The standard InChI is InChI=1S/C13H28O8/c1-11(21-5-4-20-10-13(17)7-15)8-18-2-3-19-9-12(16)6-14/h11-17H,2-10H2,1H3. The van der Waals surface area contributed by atoms with Gasteiger partial charge in [-0.05, 0) is 6.92 Å². The molecule has 0 amide bonds. The minimum atomic E-state index is -0.852. The zero-order valence-electron chi connectivity index (χ0n) is 12.5. The minimum Gasteiger partial charge on any atom is -0.394 e. The predicted octanol–water partition coefficient (Wildman–Crippen LogP) is -1.85. The van der Waals surface area contributed by atoms with Gasteiger partial charge < -0.3 is 39.4 Å². The third kappa shape index (κ3) is 14.4. The fourth-order valence-corrected chi connectivity index (χ4v) is 1.27. The van der Waals surface area contributed by atoms with Crippen LogP contribution in [0.5, 0.6) is 0 Å². The highest BCUT2D eigenvalue weighted by Gasteiger charge is 2.05. The molecule has 0 fully saturated rings. The van der Waals surface area contributed by atoms with E-state index in [0.717, 1.165) is 0 Å². The van der Waals surface area contributed by atoms with Crippen molar-refractivity contribution < 1.29 is 39.4 Å². The van der Waals surface area contributed by atoms with Crippen LogP contribution in [0.1, 0.15) is 6.92 Å². The fraction of sp³-hybridized carbons (Fsp3) is 1.00. The summed E-state index contributed by atoms with van der Waals surface area (Å²) in [5.74, 6) is 0. The number of rotatable bonds is 15. The van der Waals surface area contributed by atoms with Gasteiger partial charge in [-0.25, -0.2) is 0 Å². The Balaban J connectivity index is 3.25. The first-order valence-electron chi connectivity index (χ1n) is 7.02. The summed E-state index contributed by atoms with van der Waals surface area (Å²) >= 11 is 0. The van der Waals surface area contributed by atoms with Gasteiger partial charge in [-0.2, -0.15) is 0 Å². The van der Waals surface area contributed by atoms with Crippen molar-refractivity contribution in [2.24, 2.45) is 0 Å². The summed E-state index contributed by atoms with van der Waals surface area (Å²) in [6.07, 6.45) is -1.80.